The van der Waals surface area contributed by atoms with Crippen LogP contribution in [0.3, 0.4) is 0 Å². The first-order chi connectivity index (χ1) is 11.5. The van der Waals surface area contributed by atoms with E-state index in [-0.39, 0.29) is 17.9 Å². The number of rotatable bonds is 4. The molecule has 126 valence electrons. The molecule has 24 heavy (non-hydrogen) atoms. The van der Waals surface area contributed by atoms with E-state index in [4.69, 9.17) is 20.8 Å². The summed E-state index contributed by atoms with van der Waals surface area (Å²) in [6.45, 7) is 0.841. The number of hydrogen-bond donors (Lipinski definition) is 0. The molecule has 0 bridgehead atoms. The van der Waals surface area contributed by atoms with Crippen molar-refractivity contribution in [1.82, 2.24) is 14.9 Å². The van der Waals surface area contributed by atoms with Crippen LogP contribution < -0.4 is 4.74 Å². The van der Waals surface area contributed by atoms with E-state index >= 15 is 0 Å². The van der Waals surface area contributed by atoms with Crippen molar-refractivity contribution in [2.45, 2.75) is 18.9 Å². The van der Waals surface area contributed by atoms with E-state index in [1.807, 2.05) is 0 Å². The fourth-order valence-corrected chi connectivity index (χ4v) is 2.52. The molecule has 0 spiro atoms. The topological polar surface area (TPSA) is 112 Å². The number of furan rings is 1. The van der Waals surface area contributed by atoms with E-state index in [1.165, 1.54) is 23.4 Å². The molecule has 1 unspecified atom stereocenters. The van der Waals surface area contributed by atoms with Gasteiger partial charge in [-0.2, -0.15) is 0 Å². The number of carbonyl (C=O) groups excluding carboxylic acids is 1. The number of likely N-dealkylation sites (tertiary alicyclic amines) is 1. The minimum atomic E-state index is -0.684. The fraction of sp³-hybridized carbons (Fsp3) is 0.357. The van der Waals surface area contributed by atoms with Crippen molar-refractivity contribution in [3.05, 3.63) is 45.4 Å². The molecule has 0 saturated carbocycles. The molecule has 1 saturated heterocycles. The Morgan fingerprint density at radius 1 is 1.42 bits per heavy atom. The summed E-state index contributed by atoms with van der Waals surface area (Å²) in [6, 6.07) is 2.65. The molecule has 2 aromatic rings. The number of ether oxygens (including phenoxy) is 1. The number of carbonyl (C=O) groups is 1. The smallest absolute Gasteiger partial charge is 0.433 e. The Morgan fingerprint density at radius 2 is 2.17 bits per heavy atom. The molecular weight excluding hydrogens is 340 g/mol. The van der Waals surface area contributed by atoms with E-state index < -0.39 is 16.7 Å². The van der Waals surface area contributed by atoms with E-state index in [0.29, 0.717) is 18.1 Å². The number of nitro groups is 1. The van der Waals surface area contributed by atoms with Gasteiger partial charge in [-0.25, -0.2) is 9.97 Å². The second-order valence-corrected chi connectivity index (χ2v) is 5.65. The SMILES string of the molecule is O=C(c1ccc([N+](=O)[O-])o1)N1CCCC(Oc2ncc(Cl)cn2)C1. The van der Waals surface area contributed by atoms with Crippen LogP contribution in [0.25, 0.3) is 0 Å². The summed E-state index contributed by atoms with van der Waals surface area (Å²) < 4.78 is 10.6. The Kier molecular flexibility index (Phi) is 4.61. The maximum atomic E-state index is 12.4. The van der Waals surface area contributed by atoms with E-state index in [0.717, 1.165) is 18.9 Å². The van der Waals surface area contributed by atoms with Crippen LogP contribution in [-0.4, -0.2) is 44.9 Å². The Morgan fingerprint density at radius 3 is 2.83 bits per heavy atom. The van der Waals surface area contributed by atoms with Crippen molar-refractivity contribution < 1.29 is 18.9 Å². The minimum Gasteiger partial charge on any atom is -0.458 e. The molecule has 1 fully saturated rings. The highest BCUT2D eigenvalue weighted by Crippen LogP contribution is 2.21. The Bertz CT molecular complexity index is 748. The van der Waals surface area contributed by atoms with Crippen LogP contribution in [0.2, 0.25) is 5.02 Å². The average molecular weight is 353 g/mol. The number of halogens is 1. The number of hydrogen-bond acceptors (Lipinski definition) is 7. The molecule has 0 aromatic carbocycles. The van der Waals surface area contributed by atoms with E-state index in [2.05, 4.69) is 9.97 Å². The third-order valence-electron chi connectivity index (χ3n) is 3.52. The standard InChI is InChI=1S/C14H13ClN4O5/c15-9-6-16-14(17-7-9)23-10-2-1-5-18(8-10)13(20)11-3-4-12(24-11)19(21)22/h3-4,6-7,10H,1-2,5,8H2. The number of nitrogens with zero attached hydrogens (tertiary/aromatic N) is 4. The first kappa shape index (κ1) is 16.2. The maximum absolute atomic E-state index is 12.4. The third-order valence-corrected chi connectivity index (χ3v) is 3.71. The van der Waals surface area contributed by atoms with Gasteiger partial charge >= 0.3 is 11.9 Å². The number of piperidine rings is 1. The molecule has 1 aliphatic rings. The number of aromatic nitrogens is 2. The Balaban J connectivity index is 1.64. The first-order valence-electron chi connectivity index (χ1n) is 7.20. The second-order valence-electron chi connectivity index (χ2n) is 5.21. The van der Waals surface area contributed by atoms with Gasteiger partial charge in [0.25, 0.3) is 5.91 Å². The highest BCUT2D eigenvalue weighted by atomic mass is 35.5. The Labute approximate surface area is 141 Å². The average Bonchev–Trinajstić information content (AvgIpc) is 3.07. The molecule has 3 rings (SSSR count). The van der Waals surface area contributed by atoms with Crippen molar-refractivity contribution in [3.8, 4) is 6.01 Å². The lowest BCUT2D eigenvalue weighted by Gasteiger charge is -2.31. The molecule has 10 heteroatoms. The molecule has 1 aliphatic heterocycles. The van der Waals surface area contributed by atoms with Gasteiger partial charge in [-0.1, -0.05) is 11.6 Å². The van der Waals surface area contributed by atoms with Crippen molar-refractivity contribution in [2.75, 3.05) is 13.1 Å². The third kappa shape index (κ3) is 3.62. The first-order valence-corrected chi connectivity index (χ1v) is 7.58. The fourth-order valence-electron chi connectivity index (χ4n) is 2.43. The van der Waals surface area contributed by atoms with Crippen molar-refractivity contribution in [3.63, 3.8) is 0 Å². The van der Waals surface area contributed by atoms with Crippen molar-refractivity contribution in [2.24, 2.45) is 0 Å². The summed E-state index contributed by atoms with van der Waals surface area (Å²) in [5.74, 6) is -0.934. The largest absolute Gasteiger partial charge is 0.458 e. The van der Waals surface area contributed by atoms with Crippen LogP contribution in [0.5, 0.6) is 6.01 Å². The highest BCUT2D eigenvalue weighted by Gasteiger charge is 2.29. The summed E-state index contributed by atoms with van der Waals surface area (Å²) in [7, 11) is 0. The molecule has 1 amide bonds. The van der Waals surface area contributed by atoms with Crippen LogP contribution in [0, 0.1) is 10.1 Å². The summed E-state index contributed by atoms with van der Waals surface area (Å²) >= 11 is 5.72. The number of amides is 1. The predicted molar refractivity (Wildman–Crippen MR) is 82.0 cm³/mol. The molecule has 2 aromatic heterocycles. The zero-order valence-corrected chi connectivity index (χ0v) is 13.2. The van der Waals surface area contributed by atoms with Crippen molar-refractivity contribution in [1.29, 1.82) is 0 Å². The highest BCUT2D eigenvalue weighted by molar-refractivity contribution is 6.30. The van der Waals surface area contributed by atoms with Crippen LogP contribution in [0.4, 0.5) is 5.88 Å². The lowest BCUT2D eigenvalue weighted by molar-refractivity contribution is -0.402. The van der Waals surface area contributed by atoms with Crippen LogP contribution in [-0.2, 0) is 0 Å². The van der Waals surface area contributed by atoms with Gasteiger partial charge in [-0.15, -0.1) is 0 Å². The van der Waals surface area contributed by atoms with Gasteiger partial charge in [-0.05, 0) is 18.9 Å². The molecule has 0 aliphatic carbocycles. The normalized spacial score (nSPS) is 17.5. The lowest BCUT2D eigenvalue weighted by atomic mass is 10.1. The molecular formula is C14H13ClN4O5. The van der Waals surface area contributed by atoms with Crippen LogP contribution >= 0.6 is 11.6 Å². The van der Waals surface area contributed by atoms with Gasteiger partial charge in [0, 0.05) is 6.54 Å². The Hall–Kier alpha value is -2.68. The maximum Gasteiger partial charge on any atom is 0.433 e. The monoisotopic (exact) mass is 352 g/mol. The second kappa shape index (κ2) is 6.83. The van der Waals surface area contributed by atoms with Crippen LogP contribution in [0.1, 0.15) is 23.4 Å². The van der Waals surface area contributed by atoms with E-state index in [9.17, 15) is 14.9 Å². The van der Waals surface area contributed by atoms with Gasteiger partial charge in [-0.3, -0.25) is 14.9 Å². The van der Waals surface area contributed by atoms with Gasteiger partial charge in [0.05, 0.1) is 30.0 Å². The lowest BCUT2D eigenvalue weighted by Crippen LogP contribution is -2.44. The van der Waals surface area contributed by atoms with Crippen LogP contribution in [0.15, 0.2) is 28.9 Å². The van der Waals surface area contributed by atoms with Gasteiger partial charge in [0.1, 0.15) is 11.0 Å². The minimum absolute atomic E-state index is 0.0647. The summed E-state index contributed by atoms with van der Waals surface area (Å²) in [6.07, 6.45) is 4.06. The van der Waals surface area contributed by atoms with Crippen molar-refractivity contribution >= 4 is 23.4 Å². The quantitative estimate of drug-likeness (QED) is 0.613. The predicted octanol–water partition coefficient (Wildman–Crippen LogP) is 2.31. The van der Waals surface area contributed by atoms with Gasteiger partial charge in [0.15, 0.2) is 5.76 Å². The summed E-state index contributed by atoms with van der Waals surface area (Å²) in [5, 5.41) is 11.0. The summed E-state index contributed by atoms with van der Waals surface area (Å²) in [5.41, 5.74) is 0. The molecule has 0 N–H and O–H groups in total. The molecule has 3 heterocycles. The zero-order chi connectivity index (χ0) is 17.1. The molecule has 1 atom stereocenters. The van der Waals surface area contributed by atoms with Gasteiger partial charge in [0.2, 0.25) is 0 Å². The van der Waals surface area contributed by atoms with E-state index in [1.54, 1.807) is 0 Å². The van der Waals surface area contributed by atoms with Gasteiger partial charge < -0.3 is 14.1 Å². The summed E-state index contributed by atoms with van der Waals surface area (Å²) in [4.78, 5) is 31.8. The molecule has 0 radical (unpaired) electrons. The molecule has 9 nitrogen and oxygen atoms in total. The zero-order valence-electron chi connectivity index (χ0n) is 12.4.